The molecule has 6 nitrogen and oxygen atoms in total. The molecule has 1 aromatic heterocycles. The van der Waals surface area contributed by atoms with Crippen LogP contribution in [0.1, 0.15) is 30.0 Å². The van der Waals surface area contributed by atoms with E-state index < -0.39 is 0 Å². The number of rotatable bonds is 11. The number of carbonyl (C=O) groups excluding carboxylic acids is 1. The largest absolute Gasteiger partial charge is 0.492 e. The second-order valence-electron chi connectivity index (χ2n) is 8.26. The summed E-state index contributed by atoms with van der Waals surface area (Å²) in [5.74, 6) is 1.29. The maximum Gasteiger partial charge on any atom is 0.245 e. The Balaban J connectivity index is 1.71. The molecule has 0 radical (unpaired) electrons. The van der Waals surface area contributed by atoms with Crippen molar-refractivity contribution in [3.63, 3.8) is 0 Å². The molecular formula is C29H34N4O2. The number of pyridine rings is 1. The minimum absolute atomic E-state index is 0.0233. The van der Waals surface area contributed by atoms with Gasteiger partial charge in [-0.1, -0.05) is 55.5 Å². The molecule has 0 aliphatic heterocycles. The molecule has 0 atom stereocenters. The van der Waals surface area contributed by atoms with Gasteiger partial charge in [-0.2, -0.15) is 0 Å². The van der Waals surface area contributed by atoms with E-state index in [1.165, 1.54) is 16.0 Å². The second-order valence-corrected chi connectivity index (χ2v) is 8.26. The van der Waals surface area contributed by atoms with Gasteiger partial charge in [-0.3, -0.25) is 4.79 Å². The minimum atomic E-state index is -0.0233. The molecule has 182 valence electrons. The van der Waals surface area contributed by atoms with E-state index in [0.29, 0.717) is 25.5 Å². The third-order valence-corrected chi connectivity index (χ3v) is 5.51. The number of carbonyl (C=O) groups is 1. The van der Waals surface area contributed by atoms with Gasteiger partial charge in [0.15, 0.2) is 0 Å². The zero-order valence-corrected chi connectivity index (χ0v) is 20.7. The van der Waals surface area contributed by atoms with Gasteiger partial charge in [0.05, 0.1) is 0 Å². The highest BCUT2D eigenvalue weighted by atomic mass is 16.5. The van der Waals surface area contributed by atoms with Crippen LogP contribution in [-0.2, 0) is 4.79 Å². The molecule has 0 unspecified atom stereocenters. The lowest BCUT2D eigenvalue weighted by Crippen LogP contribution is -2.22. The number of anilines is 1. The SMILES string of the molecule is CC/C(=C(/c1ccc(OCCNC/C=C/C(=O)N(C)C)cc1)c1ccc(N)nc1)c1ccccc1. The predicted molar refractivity (Wildman–Crippen MR) is 144 cm³/mol. The van der Waals surface area contributed by atoms with Crippen LogP contribution in [0.4, 0.5) is 5.82 Å². The number of nitrogen functional groups attached to an aromatic ring is 1. The van der Waals surface area contributed by atoms with Crippen LogP contribution in [0.25, 0.3) is 11.1 Å². The van der Waals surface area contributed by atoms with E-state index in [4.69, 9.17) is 10.5 Å². The van der Waals surface area contributed by atoms with Crippen LogP contribution >= 0.6 is 0 Å². The summed E-state index contributed by atoms with van der Waals surface area (Å²) in [6, 6.07) is 22.4. The van der Waals surface area contributed by atoms with Crippen molar-refractivity contribution in [2.45, 2.75) is 13.3 Å². The molecule has 1 heterocycles. The van der Waals surface area contributed by atoms with Crippen molar-refractivity contribution in [3.05, 3.63) is 102 Å². The highest BCUT2D eigenvalue weighted by Crippen LogP contribution is 2.34. The zero-order valence-electron chi connectivity index (χ0n) is 20.7. The first-order valence-corrected chi connectivity index (χ1v) is 11.8. The van der Waals surface area contributed by atoms with Crippen LogP contribution in [0, 0.1) is 0 Å². The number of allylic oxidation sites excluding steroid dienone is 1. The number of hydrogen-bond acceptors (Lipinski definition) is 5. The number of amides is 1. The monoisotopic (exact) mass is 470 g/mol. The Hall–Kier alpha value is -3.90. The Labute approximate surface area is 208 Å². The number of likely N-dealkylation sites (N-methyl/N-ethyl adjacent to an activating group) is 1. The lowest BCUT2D eigenvalue weighted by molar-refractivity contribution is -0.123. The summed E-state index contributed by atoms with van der Waals surface area (Å²) in [4.78, 5) is 17.4. The van der Waals surface area contributed by atoms with Gasteiger partial charge in [-0.15, -0.1) is 0 Å². The Kier molecular flexibility index (Phi) is 9.63. The first kappa shape index (κ1) is 25.7. The summed E-state index contributed by atoms with van der Waals surface area (Å²) in [5, 5.41) is 3.24. The Morgan fingerprint density at radius 3 is 2.34 bits per heavy atom. The van der Waals surface area contributed by atoms with Crippen molar-refractivity contribution in [3.8, 4) is 5.75 Å². The normalized spacial score (nSPS) is 11.9. The van der Waals surface area contributed by atoms with Crippen LogP contribution in [0.15, 0.2) is 85.1 Å². The third kappa shape index (κ3) is 7.55. The van der Waals surface area contributed by atoms with Crippen molar-refractivity contribution in [1.82, 2.24) is 15.2 Å². The number of hydrogen-bond donors (Lipinski definition) is 2. The molecular weight excluding hydrogens is 436 g/mol. The fraction of sp³-hybridized carbons (Fsp3) is 0.241. The maximum absolute atomic E-state index is 11.5. The van der Waals surface area contributed by atoms with Crippen LogP contribution in [0.2, 0.25) is 0 Å². The van der Waals surface area contributed by atoms with Gasteiger partial charge in [-0.05, 0) is 53.0 Å². The third-order valence-electron chi connectivity index (χ3n) is 5.51. The van der Waals surface area contributed by atoms with E-state index >= 15 is 0 Å². The van der Waals surface area contributed by atoms with Crippen molar-refractivity contribution >= 4 is 22.9 Å². The number of nitrogens with zero attached hydrogens (tertiary/aromatic N) is 2. The maximum atomic E-state index is 11.5. The summed E-state index contributed by atoms with van der Waals surface area (Å²) >= 11 is 0. The summed E-state index contributed by atoms with van der Waals surface area (Å²) < 4.78 is 5.89. The van der Waals surface area contributed by atoms with Gasteiger partial charge in [0.25, 0.3) is 0 Å². The summed E-state index contributed by atoms with van der Waals surface area (Å²) in [5.41, 5.74) is 11.5. The molecule has 3 rings (SSSR count). The molecule has 0 saturated carbocycles. The van der Waals surface area contributed by atoms with Gasteiger partial charge in [-0.25, -0.2) is 4.98 Å². The first-order chi connectivity index (χ1) is 17.0. The molecule has 3 aromatic rings. The average Bonchev–Trinajstić information content (AvgIpc) is 2.88. The fourth-order valence-corrected chi connectivity index (χ4v) is 3.69. The van der Waals surface area contributed by atoms with E-state index in [1.54, 1.807) is 20.2 Å². The number of nitrogens with two attached hydrogens (primary N) is 1. The lowest BCUT2D eigenvalue weighted by atomic mass is 9.89. The topological polar surface area (TPSA) is 80.5 Å². The molecule has 0 aliphatic carbocycles. The van der Waals surface area contributed by atoms with E-state index in [0.717, 1.165) is 28.9 Å². The van der Waals surface area contributed by atoms with Crippen LogP contribution in [-0.4, -0.2) is 49.6 Å². The van der Waals surface area contributed by atoms with Gasteiger partial charge in [0, 0.05) is 45.0 Å². The second kappa shape index (κ2) is 13.1. The quantitative estimate of drug-likeness (QED) is 0.242. The molecule has 0 fully saturated rings. The highest BCUT2D eigenvalue weighted by Gasteiger charge is 2.13. The minimum Gasteiger partial charge on any atom is -0.492 e. The molecule has 3 N–H and O–H groups in total. The highest BCUT2D eigenvalue weighted by molar-refractivity contribution is 5.98. The van der Waals surface area contributed by atoms with Gasteiger partial charge in [0.1, 0.15) is 18.2 Å². The number of nitrogens with one attached hydrogen (secondary N) is 1. The Bertz CT molecular complexity index is 1140. The Morgan fingerprint density at radius 2 is 1.71 bits per heavy atom. The molecule has 0 saturated heterocycles. The molecule has 0 aliphatic rings. The van der Waals surface area contributed by atoms with E-state index in [1.807, 2.05) is 42.6 Å². The van der Waals surface area contributed by atoms with E-state index in [2.05, 4.69) is 53.6 Å². The summed E-state index contributed by atoms with van der Waals surface area (Å²) in [7, 11) is 3.46. The van der Waals surface area contributed by atoms with Crippen molar-refractivity contribution < 1.29 is 9.53 Å². The van der Waals surface area contributed by atoms with Crippen molar-refractivity contribution in [2.75, 3.05) is 39.5 Å². The average molecular weight is 471 g/mol. The number of benzene rings is 2. The summed E-state index contributed by atoms with van der Waals surface area (Å²) in [6.07, 6.45) is 6.09. The molecule has 35 heavy (non-hydrogen) atoms. The summed E-state index contributed by atoms with van der Waals surface area (Å²) in [6.45, 7) is 4.00. The predicted octanol–water partition coefficient (Wildman–Crippen LogP) is 4.65. The fourth-order valence-electron chi connectivity index (χ4n) is 3.69. The van der Waals surface area contributed by atoms with E-state index in [-0.39, 0.29) is 5.91 Å². The van der Waals surface area contributed by atoms with Crippen molar-refractivity contribution in [1.29, 1.82) is 0 Å². The van der Waals surface area contributed by atoms with E-state index in [9.17, 15) is 4.79 Å². The van der Waals surface area contributed by atoms with Gasteiger partial charge >= 0.3 is 0 Å². The number of ether oxygens (including phenoxy) is 1. The molecule has 2 aromatic carbocycles. The smallest absolute Gasteiger partial charge is 0.245 e. The van der Waals surface area contributed by atoms with Crippen molar-refractivity contribution in [2.24, 2.45) is 0 Å². The molecule has 0 spiro atoms. The molecule has 0 bridgehead atoms. The van der Waals surface area contributed by atoms with Gasteiger partial charge in [0.2, 0.25) is 5.91 Å². The van der Waals surface area contributed by atoms with Crippen LogP contribution in [0.5, 0.6) is 5.75 Å². The van der Waals surface area contributed by atoms with Gasteiger partial charge < -0.3 is 20.7 Å². The zero-order chi connectivity index (χ0) is 25.0. The molecule has 6 heteroatoms. The lowest BCUT2D eigenvalue weighted by Gasteiger charge is -2.17. The first-order valence-electron chi connectivity index (χ1n) is 11.8. The standard InChI is InChI=1S/C29H34N4O2/c1-4-26(22-9-6-5-7-10-22)29(24-14-17-27(30)32-21-24)23-12-15-25(16-13-23)35-20-19-31-18-8-11-28(34)33(2)3/h5-17,21,31H,4,18-20H2,1-3H3,(H2,30,32)/b11-8+,29-26+. The molecule has 1 amide bonds. The number of aromatic nitrogens is 1. The van der Waals surface area contributed by atoms with Crippen LogP contribution < -0.4 is 15.8 Å². The van der Waals surface area contributed by atoms with Crippen LogP contribution in [0.3, 0.4) is 0 Å². The Morgan fingerprint density at radius 1 is 1.00 bits per heavy atom.